The van der Waals surface area contributed by atoms with Gasteiger partial charge in [-0.15, -0.1) is 0 Å². The molecule has 0 saturated carbocycles. The fourth-order valence-electron chi connectivity index (χ4n) is 0.0990. The third-order valence-corrected chi connectivity index (χ3v) is 1.22. The Morgan fingerprint density at radius 1 is 1.09 bits per heavy atom. The highest BCUT2D eigenvalue weighted by molar-refractivity contribution is 7.80. The largest absolute Gasteiger partial charge is 0.469 e. The van der Waals surface area contributed by atoms with E-state index in [0.29, 0.717) is 0 Å². The molecule has 4 N–H and O–H groups in total. The molecule has 0 saturated heterocycles. The van der Waals surface area contributed by atoms with Crippen LogP contribution in [0.25, 0.3) is 0 Å². The van der Waals surface area contributed by atoms with Crippen molar-refractivity contribution >= 4 is 11.1 Å². The Balaban J connectivity index is 0. The van der Waals surface area contributed by atoms with Gasteiger partial charge in [0.25, 0.3) is 0 Å². The van der Waals surface area contributed by atoms with Crippen LogP contribution in [0.2, 0.25) is 0 Å². The fraction of sp³-hybridized carbons (Fsp3) is 1.00. The maximum atomic E-state index is 11.4. The summed E-state index contributed by atoms with van der Waals surface area (Å²) in [5.41, 5.74) is 0. The Morgan fingerprint density at radius 2 is 1.36 bits per heavy atom. The van der Waals surface area contributed by atoms with Gasteiger partial charge in [0.1, 0.15) is 0 Å². The summed E-state index contributed by atoms with van der Waals surface area (Å²) in [5.74, 6) is 0. The second-order valence-corrected chi connectivity index (χ2v) is 2.27. The van der Waals surface area contributed by atoms with E-state index in [-0.39, 0.29) is 6.15 Å². The molecule has 9 heteroatoms. The Kier molecular flexibility index (Phi) is 4.13. The molecule has 0 aliphatic rings. The molecule has 1 atom stereocenters. The van der Waals surface area contributed by atoms with Gasteiger partial charge in [0, 0.05) is 0 Å². The molecule has 0 aliphatic carbocycles. The summed E-state index contributed by atoms with van der Waals surface area (Å²) in [5, 5.41) is -5.53. The first-order valence-electron chi connectivity index (χ1n) is 1.75. The Labute approximate surface area is 60.4 Å². The first kappa shape index (κ1) is 13.3. The number of hydrogen-bond donors (Lipinski definition) is 2. The maximum Gasteiger partial charge on any atom is 0.469 e. The van der Waals surface area contributed by atoms with Gasteiger partial charge in [0.15, 0.2) is 0 Å². The second-order valence-electron chi connectivity index (χ2n) is 1.26. The molecule has 0 bridgehead atoms. The molecule has 0 heterocycles. The molecule has 11 heavy (non-hydrogen) atoms. The molecule has 0 spiro atoms. The summed E-state index contributed by atoms with van der Waals surface area (Å²) in [6.07, 6.45) is -5.97. The van der Waals surface area contributed by atoms with Crippen molar-refractivity contribution in [2.24, 2.45) is 0 Å². The van der Waals surface area contributed by atoms with Crippen LogP contribution in [-0.4, -0.2) is 20.2 Å². The Bertz CT molecular complexity index is 155. The summed E-state index contributed by atoms with van der Waals surface area (Å²) in [7, 11) is 0. The van der Waals surface area contributed by atoms with Gasteiger partial charge in [-0.2, -0.15) is 22.0 Å². The van der Waals surface area contributed by atoms with Gasteiger partial charge in [0.05, 0.1) is 0 Å². The second kappa shape index (κ2) is 3.41. The zero-order valence-electron chi connectivity index (χ0n) is 4.86. The summed E-state index contributed by atoms with van der Waals surface area (Å²) in [6, 6.07) is 0. The summed E-state index contributed by atoms with van der Waals surface area (Å²) >= 11 is -4.20. The number of alkyl halides is 5. The monoisotopic (exact) mass is 201 g/mol. The van der Waals surface area contributed by atoms with E-state index in [4.69, 9.17) is 4.55 Å². The lowest BCUT2D eigenvalue weighted by atomic mass is 10.7. The van der Waals surface area contributed by atoms with E-state index in [2.05, 4.69) is 0 Å². The van der Waals surface area contributed by atoms with Crippen LogP contribution in [-0.2, 0) is 11.1 Å². The van der Waals surface area contributed by atoms with E-state index >= 15 is 0 Å². The quantitative estimate of drug-likeness (QED) is 0.499. The minimum absolute atomic E-state index is 0. The van der Waals surface area contributed by atoms with Crippen molar-refractivity contribution in [1.29, 1.82) is 0 Å². The molecule has 1 unspecified atom stereocenters. The van der Waals surface area contributed by atoms with E-state index in [1.807, 2.05) is 0 Å². The van der Waals surface area contributed by atoms with Crippen LogP contribution < -0.4 is 6.15 Å². The first-order chi connectivity index (χ1) is 4.19. The highest BCUT2D eigenvalue weighted by atomic mass is 32.2. The average Bonchev–Trinajstić information content (AvgIpc) is 1.62. The Hall–Kier alpha value is -0.280. The van der Waals surface area contributed by atoms with Gasteiger partial charge in [0.2, 0.25) is 11.1 Å². The topological polar surface area (TPSA) is 72.3 Å². The molecule has 0 aliphatic heterocycles. The van der Waals surface area contributed by atoms with Crippen molar-refractivity contribution in [1.82, 2.24) is 6.15 Å². The predicted molar refractivity (Wildman–Crippen MR) is 26.8 cm³/mol. The van der Waals surface area contributed by atoms with Gasteiger partial charge in [-0.25, -0.2) is 4.21 Å². The van der Waals surface area contributed by atoms with Crippen LogP contribution >= 0.6 is 0 Å². The van der Waals surface area contributed by atoms with Crippen LogP contribution in [0, 0.1) is 0 Å². The maximum absolute atomic E-state index is 11.4. The molecule has 3 nitrogen and oxygen atoms in total. The molecule has 0 aromatic rings. The third-order valence-electron chi connectivity index (χ3n) is 0.549. The normalized spacial score (nSPS) is 15.5. The van der Waals surface area contributed by atoms with Gasteiger partial charge in [-0.3, -0.25) is 0 Å². The lowest BCUT2D eigenvalue weighted by molar-refractivity contribution is -0.241. The molecular formula is C2H4F5NO2S. The number of rotatable bonds is 1. The van der Waals surface area contributed by atoms with Gasteiger partial charge in [-0.05, 0) is 0 Å². The van der Waals surface area contributed by atoms with E-state index in [0.717, 1.165) is 0 Å². The van der Waals surface area contributed by atoms with Crippen LogP contribution in [0.5, 0.6) is 0 Å². The van der Waals surface area contributed by atoms with Crippen LogP contribution in [0.4, 0.5) is 22.0 Å². The van der Waals surface area contributed by atoms with Crippen molar-refractivity contribution < 1.29 is 30.7 Å². The summed E-state index contributed by atoms with van der Waals surface area (Å²) in [4.78, 5) is 0. The highest BCUT2D eigenvalue weighted by Gasteiger charge is 2.62. The zero-order valence-corrected chi connectivity index (χ0v) is 5.68. The zero-order chi connectivity index (χ0) is 8.58. The van der Waals surface area contributed by atoms with Crippen LogP contribution in [0.1, 0.15) is 0 Å². The Morgan fingerprint density at radius 3 is 1.36 bits per heavy atom. The van der Waals surface area contributed by atoms with Gasteiger partial charge < -0.3 is 10.7 Å². The average molecular weight is 201 g/mol. The van der Waals surface area contributed by atoms with Gasteiger partial charge >= 0.3 is 11.4 Å². The molecular weight excluding hydrogens is 197 g/mol. The standard InChI is InChI=1S/C2HF5O2S.H3N/c3-1(4,5)2(6,7)10(8)9;/h(H,8,9);1H3. The van der Waals surface area contributed by atoms with E-state index < -0.39 is 22.5 Å². The van der Waals surface area contributed by atoms with Gasteiger partial charge in [-0.1, -0.05) is 0 Å². The highest BCUT2D eigenvalue weighted by Crippen LogP contribution is 2.37. The fourth-order valence-corrected chi connectivity index (χ4v) is 0.297. The molecule has 0 aromatic carbocycles. The minimum atomic E-state index is -5.97. The molecule has 0 amide bonds. The summed E-state index contributed by atoms with van der Waals surface area (Å²) < 4.78 is 72.4. The lowest BCUT2D eigenvalue weighted by Gasteiger charge is -2.14. The van der Waals surface area contributed by atoms with E-state index in [9.17, 15) is 26.2 Å². The SMILES string of the molecule is N.O=S(O)C(F)(F)C(F)(F)F. The first-order valence-corrected chi connectivity index (χ1v) is 2.86. The minimum Gasteiger partial charge on any atom is -0.344 e. The summed E-state index contributed by atoms with van der Waals surface area (Å²) in [6.45, 7) is 0. The van der Waals surface area contributed by atoms with Crippen molar-refractivity contribution in [2.45, 2.75) is 11.4 Å². The number of hydrogen-bond acceptors (Lipinski definition) is 2. The predicted octanol–water partition coefficient (Wildman–Crippen LogP) is 1.53. The molecule has 0 radical (unpaired) electrons. The molecule has 70 valence electrons. The van der Waals surface area contributed by atoms with E-state index in [1.165, 1.54) is 0 Å². The molecule has 0 fully saturated rings. The van der Waals surface area contributed by atoms with E-state index in [1.54, 1.807) is 0 Å². The third kappa shape index (κ3) is 2.67. The van der Waals surface area contributed by atoms with Crippen LogP contribution in [0.3, 0.4) is 0 Å². The smallest absolute Gasteiger partial charge is 0.344 e. The molecule has 0 aromatic heterocycles. The molecule has 0 rings (SSSR count). The number of halogens is 5. The van der Waals surface area contributed by atoms with Crippen LogP contribution in [0.15, 0.2) is 0 Å². The van der Waals surface area contributed by atoms with Crippen molar-refractivity contribution in [3.8, 4) is 0 Å². The van der Waals surface area contributed by atoms with Crippen molar-refractivity contribution in [3.05, 3.63) is 0 Å². The van der Waals surface area contributed by atoms with Crippen molar-refractivity contribution in [3.63, 3.8) is 0 Å². The van der Waals surface area contributed by atoms with Crippen molar-refractivity contribution in [2.75, 3.05) is 0 Å². The lowest BCUT2D eigenvalue weighted by Crippen LogP contribution is -2.40.